The number of guanidine groups is 1. The van der Waals surface area contributed by atoms with E-state index in [1.807, 2.05) is 40.9 Å². The molecular formula is C25H35IN4OS. The Kier molecular flexibility index (Phi) is 12.6. The fraction of sp³-hybridized carbons (Fsp3) is 0.440. The molecule has 0 aliphatic carbocycles. The van der Waals surface area contributed by atoms with E-state index >= 15 is 0 Å². The predicted molar refractivity (Wildman–Crippen MR) is 146 cm³/mol. The van der Waals surface area contributed by atoms with Crippen LogP contribution in [-0.2, 0) is 11.2 Å². The van der Waals surface area contributed by atoms with E-state index in [-0.39, 0.29) is 29.9 Å². The van der Waals surface area contributed by atoms with E-state index in [1.54, 1.807) is 0 Å². The lowest BCUT2D eigenvalue weighted by Gasteiger charge is -2.16. The van der Waals surface area contributed by atoms with Gasteiger partial charge in [0.25, 0.3) is 0 Å². The Morgan fingerprint density at radius 2 is 1.81 bits per heavy atom. The molecule has 1 saturated heterocycles. The zero-order valence-corrected chi connectivity index (χ0v) is 22.0. The number of nitrogens with one attached hydrogen (secondary N) is 2. The number of nitrogens with zero attached hydrogens (tertiary/aromatic N) is 2. The van der Waals surface area contributed by atoms with Crippen LogP contribution in [0.2, 0.25) is 0 Å². The molecule has 0 bridgehead atoms. The molecule has 174 valence electrons. The molecule has 1 atom stereocenters. The first-order valence-electron chi connectivity index (χ1n) is 11.3. The van der Waals surface area contributed by atoms with Gasteiger partial charge in [0, 0.05) is 50.0 Å². The van der Waals surface area contributed by atoms with Crippen molar-refractivity contribution in [3.05, 3.63) is 66.2 Å². The number of thioether (sulfide) groups is 1. The highest BCUT2D eigenvalue weighted by molar-refractivity contribution is 14.0. The van der Waals surface area contributed by atoms with Gasteiger partial charge in [0.05, 0.1) is 0 Å². The topological polar surface area (TPSA) is 56.7 Å². The maximum atomic E-state index is 12.4. The monoisotopic (exact) mass is 566 g/mol. The van der Waals surface area contributed by atoms with Crippen LogP contribution in [0.1, 0.15) is 25.3 Å². The van der Waals surface area contributed by atoms with Crippen molar-refractivity contribution in [1.82, 2.24) is 15.5 Å². The fourth-order valence-electron chi connectivity index (χ4n) is 3.65. The minimum absolute atomic E-state index is 0. The third-order valence-electron chi connectivity index (χ3n) is 5.29. The Morgan fingerprint density at radius 3 is 2.53 bits per heavy atom. The van der Waals surface area contributed by atoms with E-state index in [0.717, 1.165) is 50.7 Å². The van der Waals surface area contributed by atoms with E-state index in [1.165, 1.54) is 10.5 Å². The molecule has 3 rings (SSSR count). The Labute approximate surface area is 213 Å². The van der Waals surface area contributed by atoms with Gasteiger partial charge in [0.15, 0.2) is 5.96 Å². The van der Waals surface area contributed by atoms with Crippen molar-refractivity contribution in [2.24, 2.45) is 10.9 Å². The summed E-state index contributed by atoms with van der Waals surface area (Å²) in [5.41, 5.74) is 1.28. The molecule has 0 spiro atoms. The van der Waals surface area contributed by atoms with Crippen molar-refractivity contribution in [2.45, 2.75) is 31.1 Å². The van der Waals surface area contributed by atoms with Crippen molar-refractivity contribution >= 4 is 47.6 Å². The van der Waals surface area contributed by atoms with Gasteiger partial charge in [-0.3, -0.25) is 9.79 Å². The Balaban J connectivity index is 0.00000363. The third kappa shape index (κ3) is 9.40. The molecule has 32 heavy (non-hydrogen) atoms. The highest BCUT2D eigenvalue weighted by atomic mass is 127. The molecule has 1 heterocycles. The molecule has 1 aliphatic rings. The van der Waals surface area contributed by atoms with Gasteiger partial charge in [-0.15, -0.1) is 35.7 Å². The van der Waals surface area contributed by atoms with Gasteiger partial charge < -0.3 is 15.5 Å². The Morgan fingerprint density at radius 1 is 1.09 bits per heavy atom. The SMILES string of the molecule is CCNC(=NCC1CC(=O)N(CCc2ccccc2)C1)NCCCSc1ccccc1.I. The van der Waals surface area contributed by atoms with Gasteiger partial charge in [-0.05, 0) is 43.2 Å². The predicted octanol–water partition coefficient (Wildman–Crippen LogP) is 4.43. The van der Waals surface area contributed by atoms with Crippen LogP contribution < -0.4 is 10.6 Å². The molecule has 0 saturated carbocycles. The summed E-state index contributed by atoms with van der Waals surface area (Å²) >= 11 is 1.88. The zero-order chi connectivity index (χ0) is 21.7. The summed E-state index contributed by atoms with van der Waals surface area (Å²) in [6.45, 7) is 6.08. The quantitative estimate of drug-likeness (QED) is 0.139. The van der Waals surface area contributed by atoms with E-state index in [4.69, 9.17) is 4.99 Å². The maximum Gasteiger partial charge on any atom is 0.223 e. The second kappa shape index (κ2) is 15.2. The lowest BCUT2D eigenvalue weighted by molar-refractivity contribution is -0.127. The van der Waals surface area contributed by atoms with Crippen molar-refractivity contribution < 1.29 is 4.79 Å². The largest absolute Gasteiger partial charge is 0.357 e. The lowest BCUT2D eigenvalue weighted by atomic mass is 10.1. The van der Waals surface area contributed by atoms with E-state index < -0.39 is 0 Å². The number of halogens is 1. The summed E-state index contributed by atoms with van der Waals surface area (Å²) < 4.78 is 0. The number of likely N-dealkylation sites (tertiary alicyclic amines) is 1. The molecule has 2 N–H and O–H groups in total. The Hall–Kier alpha value is -1.74. The number of amides is 1. The van der Waals surface area contributed by atoms with E-state index in [2.05, 4.69) is 54.0 Å². The van der Waals surface area contributed by atoms with Gasteiger partial charge in [-0.2, -0.15) is 0 Å². The summed E-state index contributed by atoms with van der Waals surface area (Å²) in [5.74, 6) is 2.48. The van der Waals surface area contributed by atoms with Crippen molar-refractivity contribution in [2.75, 3.05) is 38.5 Å². The molecule has 1 aliphatic heterocycles. The molecule has 0 aromatic heterocycles. The first-order chi connectivity index (χ1) is 15.2. The summed E-state index contributed by atoms with van der Waals surface area (Å²) in [6, 6.07) is 20.9. The molecular weight excluding hydrogens is 531 g/mol. The molecule has 5 nitrogen and oxygen atoms in total. The van der Waals surface area contributed by atoms with Crippen LogP contribution in [0.4, 0.5) is 0 Å². The Bertz CT molecular complexity index is 819. The normalized spacial score (nSPS) is 16.0. The zero-order valence-electron chi connectivity index (χ0n) is 18.8. The molecule has 1 fully saturated rings. The van der Waals surface area contributed by atoms with E-state index in [0.29, 0.717) is 18.9 Å². The first-order valence-corrected chi connectivity index (χ1v) is 12.2. The summed E-state index contributed by atoms with van der Waals surface area (Å²) in [4.78, 5) is 20.4. The average molecular weight is 567 g/mol. The summed E-state index contributed by atoms with van der Waals surface area (Å²) in [6.07, 6.45) is 2.58. The minimum Gasteiger partial charge on any atom is -0.357 e. The summed E-state index contributed by atoms with van der Waals surface area (Å²) in [7, 11) is 0. The van der Waals surface area contributed by atoms with Gasteiger partial charge in [-0.25, -0.2) is 0 Å². The van der Waals surface area contributed by atoms with Crippen LogP contribution in [-0.4, -0.2) is 55.2 Å². The van der Waals surface area contributed by atoms with Crippen LogP contribution in [0, 0.1) is 5.92 Å². The summed E-state index contributed by atoms with van der Waals surface area (Å²) in [5, 5.41) is 6.74. The second-order valence-corrected chi connectivity index (χ2v) is 8.98. The number of carbonyl (C=O) groups excluding carboxylic acids is 1. The number of hydrogen-bond acceptors (Lipinski definition) is 3. The van der Waals surface area contributed by atoms with Crippen LogP contribution in [0.25, 0.3) is 0 Å². The molecule has 2 aromatic carbocycles. The molecule has 1 unspecified atom stereocenters. The molecule has 7 heteroatoms. The number of carbonyl (C=O) groups is 1. The number of rotatable bonds is 11. The van der Waals surface area contributed by atoms with Gasteiger partial charge >= 0.3 is 0 Å². The fourth-order valence-corrected chi connectivity index (χ4v) is 4.52. The standard InChI is InChI=1S/C25H34N4OS.HI/c1-2-26-25(27-15-9-17-31-23-12-7-4-8-13-23)28-19-22-18-24(30)29(20-22)16-14-21-10-5-3-6-11-21;/h3-8,10-13,22H,2,9,14-20H2,1H3,(H2,26,27,28);1H. The number of benzene rings is 2. The van der Waals surface area contributed by atoms with Gasteiger partial charge in [0.1, 0.15) is 0 Å². The maximum absolute atomic E-state index is 12.4. The smallest absolute Gasteiger partial charge is 0.223 e. The number of aliphatic imine (C=N–C) groups is 1. The number of hydrogen-bond donors (Lipinski definition) is 2. The second-order valence-electron chi connectivity index (χ2n) is 7.81. The van der Waals surface area contributed by atoms with Crippen molar-refractivity contribution in [3.63, 3.8) is 0 Å². The lowest BCUT2D eigenvalue weighted by Crippen LogP contribution is -2.38. The van der Waals surface area contributed by atoms with Crippen LogP contribution >= 0.6 is 35.7 Å². The van der Waals surface area contributed by atoms with Gasteiger partial charge in [-0.1, -0.05) is 48.5 Å². The van der Waals surface area contributed by atoms with Crippen LogP contribution in [0.3, 0.4) is 0 Å². The highest BCUT2D eigenvalue weighted by Crippen LogP contribution is 2.19. The minimum atomic E-state index is 0. The average Bonchev–Trinajstić information content (AvgIpc) is 3.16. The van der Waals surface area contributed by atoms with E-state index in [9.17, 15) is 4.79 Å². The molecule has 2 aromatic rings. The first kappa shape index (κ1) is 26.5. The van der Waals surface area contributed by atoms with Gasteiger partial charge in [0.2, 0.25) is 5.91 Å². The van der Waals surface area contributed by atoms with Crippen molar-refractivity contribution in [1.29, 1.82) is 0 Å². The van der Waals surface area contributed by atoms with Crippen LogP contribution in [0.15, 0.2) is 70.6 Å². The van der Waals surface area contributed by atoms with Crippen LogP contribution in [0.5, 0.6) is 0 Å². The molecule has 1 amide bonds. The third-order valence-corrected chi connectivity index (χ3v) is 6.38. The highest BCUT2D eigenvalue weighted by Gasteiger charge is 2.28. The van der Waals surface area contributed by atoms with Crippen molar-refractivity contribution in [3.8, 4) is 0 Å². The molecule has 0 radical (unpaired) electrons.